The van der Waals surface area contributed by atoms with E-state index in [9.17, 15) is 0 Å². The fraction of sp³-hybridized carbons (Fsp3) is 1.00. The van der Waals surface area contributed by atoms with Gasteiger partial charge in [-0.3, -0.25) is 0 Å². The Morgan fingerprint density at radius 1 is 1.12 bits per heavy atom. The van der Waals surface area contributed by atoms with Crippen molar-refractivity contribution in [3.63, 3.8) is 0 Å². The van der Waals surface area contributed by atoms with Crippen LogP contribution in [0.5, 0.6) is 0 Å². The first-order chi connectivity index (χ1) is 7.88. The summed E-state index contributed by atoms with van der Waals surface area (Å²) < 4.78 is 0. The van der Waals surface area contributed by atoms with Crippen molar-refractivity contribution < 1.29 is 0 Å². The molecule has 0 amide bonds. The first kappa shape index (κ1) is 12.4. The molecular formula is C14H28N2. The summed E-state index contributed by atoms with van der Waals surface area (Å²) in [7, 11) is 2.10. The maximum Gasteiger partial charge on any atom is 0.0192 e. The van der Waals surface area contributed by atoms with Gasteiger partial charge in [-0.15, -0.1) is 0 Å². The van der Waals surface area contributed by atoms with Gasteiger partial charge in [0.15, 0.2) is 0 Å². The summed E-state index contributed by atoms with van der Waals surface area (Å²) in [6, 6.07) is 0.750. The van der Waals surface area contributed by atoms with E-state index in [1.165, 1.54) is 71.0 Å². The Morgan fingerprint density at radius 2 is 1.94 bits per heavy atom. The summed E-state index contributed by atoms with van der Waals surface area (Å²) in [5, 5.41) is 3.42. The summed E-state index contributed by atoms with van der Waals surface area (Å²) in [4.78, 5) is 2.67. The second kappa shape index (κ2) is 6.61. The van der Waals surface area contributed by atoms with Crippen molar-refractivity contribution in [3.05, 3.63) is 0 Å². The highest BCUT2D eigenvalue weighted by molar-refractivity contribution is 4.77. The molecule has 2 aliphatic rings. The summed E-state index contributed by atoms with van der Waals surface area (Å²) in [6.45, 7) is 3.96. The predicted octanol–water partition coefficient (Wildman–Crippen LogP) is 2.64. The molecule has 16 heavy (non-hydrogen) atoms. The van der Waals surface area contributed by atoms with Crippen molar-refractivity contribution in [3.8, 4) is 0 Å². The minimum atomic E-state index is 0.750. The Hall–Kier alpha value is -0.0800. The van der Waals surface area contributed by atoms with Crippen LogP contribution in [0.25, 0.3) is 0 Å². The number of likely N-dealkylation sites (tertiary alicyclic amines) is 1. The minimum Gasteiger partial charge on any atom is -0.316 e. The van der Waals surface area contributed by atoms with E-state index in [0.717, 1.165) is 12.0 Å². The largest absolute Gasteiger partial charge is 0.316 e. The monoisotopic (exact) mass is 224 g/mol. The third-order valence-electron chi connectivity index (χ3n) is 4.48. The van der Waals surface area contributed by atoms with Gasteiger partial charge < -0.3 is 10.2 Å². The number of nitrogens with one attached hydrogen (secondary N) is 1. The topological polar surface area (TPSA) is 15.3 Å². The molecule has 0 aromatic rings. The Bertz CT molecular complexity index is 187. The second-order valence-electron chi connectivity index (χ2n) is 5.72. The number of piperidine rings is 1. The highest BCUT2D eigenvalue weighted by Gasteiger charge is 2.19. The second-order valence-corrected chi connectivity index (χ2v) is 5.72. The van der Waals surface area contributed by atoms with Crippen molar-refractivity contribution >= 4 is 0 Å². The van der Waals surface area contributed by atoms with Crippen molar-refractivity contribution in [2.45, 2.75) is 57.4 Å². The fourth-order valence-electron chi connectivity index (χ4n) is 3.40. The lowest BCUT2D eigenvalue weighted by molar-refractivity contribution is 0.189. The Kier molecular flexibility index (Phi) is 5.11. The maximum absolute atomic E-state index is 3.42. The molecule has 0 bridgehead atoms. The molecule has 2 fully saturated rings. The third kappa shape index (κ3) is 3.74. The molecule has 2 heteroatoms. The molecule has 1 saturated carbocycles. The molecular weight excluding hydrogens is 196 g/mol. The van der Waals surface area contributed by atoms with Crippen LogP contribution in [0.4, 0.5) is 0 Å². The molecule has 1 unspecified atom stereocenters. The molecule has 2 nitrogen and oxygen atoms in total. The first-order valence-electron chi connectivity index (χ1n) is 7.28. The highest BCUT2D eigenvalue weighted by Crippen LogP contribution is 2.28. The molecule has 1 atom stereocenters. The van der Waals surface area contributed by atoms with E-state index < -0.39 is 0 Å². The van der Waals surface area contributed by atoms with Crippen LogP contribution in [-0.4, -0.2) is 37.6 Å². The standard InChI is InChI=1S/C14H28N2/c1-15-14-9-5-11-16(12-14)10-4-8-13-6-2-3-7-13/h13-15H,2-12H2,1H3. The quantitative estimate of drug-likeness (QED) is 0.772. The molecule has 1 aliphatic heterocycles. The zero-order chi connectivity index (χ0) is 11.2. The van der Waals surface area contributed by atoms with E-state index in [1.54, 1.807) is 0 Å². The van der Waals surface area contributed by atoms with Crippen LogP contribution >= 0.6 is 0 Å². The molecule has 0 spiro atoms. The number of hydrogen-bond donors (Lipinski definition) is 1. The van der Waals surface area contributed by atoms with Crippen LogP contribution in [0.1, 0.15) is 51.4 Å². The van der Waals surface area contributed by atoms with E-state index in [-0.39, 0.29) is 0 Å². The van der Waals surface area contributed by atoms with Gasteiger partial charge in [0.1, 0.15) is 0 Å². The first-order valence-corrected chi connectivity index (χ1v) is 7.28. The SMILES string of the molecule is CNC1CCCN(CCCC2CCCC2)C1. The molecule has 1 N–H and O–H groups in total. The fourth-order valence-corrected chi connectivity index (χ4v) is 3.40. The Labute approximate surface area is 101 Å². The van der Waals surface area contributed by atoms with Crippen molar-refractivity contribution in [2.75, 3.05) is 26.7 Å². The summed E-state index contributed by atoms with van der Waals surface area (Å²) in [6.07, 6.45) is 11.7. The van der Waals surface area contributed by atoms with E-state index in [4.69, 9.17) is 0 Å². The summed E-state index contributed by atoms with van der Waals surface area (Å²) in [5.41, 5.74) is 0. The van der Waals surface area contributed by atoms with Gasteiger partial charge in [0.05, 0.1) is 0 Å². The zero-order valence-electron chi connectivity index (χ0n) is 10.9. The van der Waals surface area contributed by atoms with Gasteiger partial charge in [0, 0.05) is 12.6 Å². The molecule has 94 valence electrons. The van der Waals surface area contributed by atoms with Crippen molar-refractivity contribution in [1.29, 1.82) is 0 Å². The number of nitrogens with zero attached hydrogens (tertiary/aromatic N) is 1. The molecule has 1 aliphatic carbocycles. The molecule has 0 radical (unpaired) electrons. The Morgan fingerprint density at radius 3 is 2.69 bits per heavy atom. The van der Waals surface area contributed by atoms with Gasteiger partial charge in [0.2, 0.25) is 0 Å². The highest BCUT2D eigenvalue weighted by atomic mass is 15.2. The van der Waals surface area contributed by atoms with Gasteiger partial charge in [0.25, 0.3) is 0 Å². The van der Waals surface area contributed by atoms with Gasteiger partial charge in [-0.2, -0.15) is 0 Å². The number of likely N-dealkylation sites (N-methyl/N-ethyl adjacent to an activating group) is 1. The van der Waals surface area contributed by atoms with Crippen LogP contribution in [0.15, 0.2) is 0 Å². The average Bonchev–Trinajstić information content (AvgIpc) is 2.82. The van der Waals surface area contributed by atoms with E-state index in [2.05, 4.69) is 17.3 Å². The molecule has 0 aromatic carbocycles. The molecule has 1 heterocycles. The van der Waals surface area contributed by atoms with Gasteiger partial charge >= 0.3 is 0 Å². The van der Waals surface area contributed by atoms with E-state index in [1.807, 2.05) is 0 Å². The van der Waals surface area contributed by atoms with Crippen LogP contribution < -0.4 is 5.32 Å². The lowest BCUT2D eigenvalue weighted by Gasteiger charge is -2.32. The molecule has 1 saturated heterocycles. The van der Waals surface area contributed by atoms with Gasteiger partial charge in [-0.05, 0) is 51.7 Å². The van der Waals surface area contributed by atoms with Gasteiger partial charge in [-0.1, -0.05) is 25.7 Å². The van der Waals surface area contributed by atoms with Crippen LogP contribution in [0.2, 0.25) is 0 Å². The minimum absolute atomic E-state index is 0.750. The predicted molar refractivity (Wildman–Crippen MR) is 69.7 cm³/mol. The smallest absolute Gasteiger partial charge is 0.0192 e. The molecule has 0 aromatic heterocycles. The van der Waals surface area contributed by atoms with Crippen LogP contribution in [0, 0.1) is 5.92 Å². The maximum atomic E-state index is 3.42. The average molecular weight is 224 g/mol. The lowest BCUT2D eigenvalue weighted by atomic mass is 10.0. The van der Waals surface area contributed by atoms with Crippen LogP contribution in [-0.2, 0) is 0 Å². The summed E-state index contributed by atoms with van der Waals surface area (Å²) in [5.74, 6) is 1.07. The number of hydrogen-bond acceptors (Lipinski definition) is 2. The normalized spacial score (nSPS) is 28.7. The van der Waals surface area contributed by atoms with Crippen molar-refractivity contribution in [1.82, 2.24) is 10.2 Å². The lowest BCUT2D eigenvalue weighted by Crippen LogP contribution is -2.44. The Balaban J connectivity index is 1.58. The number of rotatable bonds is 5. The zero-order valence-corrected chi connectivity index (χ0v) is 10.9. The van der Waals surface area contributed by atoms with Gasteiger partial charge in [-0.25, -0.2) is 0 Å². The summed E-state index contributed by atoms with van der Waals surface area (Å²) >= 11 is 0. The van der Waals surface area contributed by atoms with Crippen LogP contribution in [0.3, 0.4) is 0 Å². The van der Waals surface area contributed by atoms with Crippen molar-refractivity contribution in [2.24, 2.45) is 5.92 Å². The molecule has 2 rings (SSSR count). The van der Waals surface area contributed by atoms with E-state index >= 15 is 0 Å². The van der Waals surface area contributed by atoms with E-state index in [0.29, 0.717) is 0 Å². The third-order valence-corrected chi connectivity index (χ3v) is 4.48.